The Labute approximate surface area is 174 Å². The largest absolute Gasteiger partial charge is 0.493 e. The number of methoxy groups -OCH3 is 2. The topological polar surface area (TPSA) is 115 Å². The molecule has 0 unspecified atom stereocenters. The molecule has 0 atom stereocenters. The summed E-state index contributed by atoms with van der Waals surface area (Å²) in [5.41, 5.74) is 2.72. The number of ether oxygens (including phenoxy) is 2. The molecule has 30 heavy (non-hydrogen) atoms. The van der Waals surface area contributed by atoms with E-state index in [-0.39, 0.29) is 0 Å². The van der Waals surface area contributed by atoms with Crippen LogP contribution in [0.5, 0.6) is 11.5 Å². The Bertz CT molecular complexity index is 1040. The van der Waals surface area contributed by atoms with E-state index in [9.17, 15) is 5.21 Å². The lowest BCUT2D eigenvalue weighted by Gasteiger charge is -2.20. The molecule has 156 valence electrons. The summed E-state index contributed by atoms with van der Waals surface area (Å²) in [4.78, 5) is 8.91. The number of nitrogens with zero attached hydrogens (tertiary/aromatic N) is 3. The van der Waals surface area contributed by atoms with Gasteiger partial charge < -0.3 is 25.5 Å². The fourth-order valence-electron chi connectivity index (χ4n) is 2.99. The quantitative estimate of drug-likeness (QED) is 0.331. The maximum atomic E-state index is 9.34. The first-order valence-electron chi connectivity index (χ1n) is 9.27. The van der Waals surface area contributed by atoms with Gasteiger partial charge in [-0.05, 0) is 37.1 Å². The Morgan fingerprint density at radius 2 is 1.83 bits per heavy atom. The number of rotatable bonds is 6. The van der Waals surface area contributed by atoms with Gasteiger partial charge in [0.05, 0.1) is 14.2 Å². The highest BCUT2D eigenvalue weighted by Crippen LogP contribution is 2.32. The van der Waals surface area contributed by atoms with Crippen molar-refractivity contribution in [1.82, 2.24) is 10.6 Å². The number of hydrogen-bond donors (Lipinski definition) is 4. The van der Waals surface area contributed by atoms with Gasteiger partial charge in [-0.25, -0.2) is 4.99 Å². The Hall–Kier alpha value is -3.88. The standard InChI is InChI=1S/C21H25N6O3/c1-13(22)19(16-5-6-17(29-3)18(11-16)30-4)20-24-14(2)25-21(26-20)23-12-15-7-9-27(28)10-8-15/h5-11,22,28H,12H2,1-4H3,(H2,23,24,25,26)/q+1/b20-19+,22-13?. The maximum Gasteiger partial charge on any atom is 0.222 e. The minimum atomic E-state index is 0.345. The third-order valence-corrected chi connectivity index (χ3v) is 4.41. The van der Waals surface area contributed by atoms with Crippen molar-refractivity contribution in [1.29, 1.82) is 5.41 Å². The van der Waals surface area contributed by atoms with Gasteiger partial charge in [-0.15, -0.1) is 0 Å². The van der Waals surface area contributed by atoms with Crippen LogP contribution >= 0.6 is 0 Å². The Morgan fingerprint density at radius 1 is 1.13 bits per heavy atom. The Kier molecular flexibility index (Phi) is 6.31. The number of aromatic nitrogens is 1. The first-order valence-corrected chi connectivity index (χ1v) is 9.27. The summed E-state index contributed by atoms with van der Waals surface area (Å²) in [5, 5.41) is 24.0. The number of hydrogen-bond acceptors (Lipinski definition) is 8. The molecule has 1 aliphatic heterocycles. The van der Waals surface area contributed by atoms with Crippen LogP contribution in [0, 0.1) is 5.41 Å². The third-order valence-electron chi connectivity index (χ3n) is 4.41. The van der Waals surface area contributed by atoms with E-state index in [1.807, 2.05) is 12.1 Å². The molecular formula is C21H25N6O3+. The number of guanidine groups is 1. The third kappa shape index (κ3) is 4.75. The SMILES string of the molecule is COc1ccc(/C(C(C)=N)=C2\N=C(C)N=C(NCc3cc[n+](O)cc3)N2)cc1OC. The van der Waals surface area contributed by atoms with Gasteiger partial charge in [-0.2, -0.15) is 4.99 Å². The van der Waals surface area contributed by atoms with Gasteiger partial charge in [0.15, 0.2) is 11.5 Å². The van der Waals surface area contributed by atoms with Crippen molar-refractivity contribution in [2.45, 2.75) is 20.4 Å². The molecule has 0 amide bonds. The predicted molar refractivity (Wildman–Crippen MR) is 114 cm³/mol. The van der Waals surface area contributed by atoms with E-state index in [0.717, 1.165) is 15.9 Å². The molecule has 0 spiro atoms. The number of nitrogens with one attached hydrogen (secondary N) is 3. The second kappa shape index (κ2) is 9.08. The summed E-state index contributed by atoms with van der Waals surface area (Å²) in [6.45, 7) is 4.01. The maximum absolute atomic E-state index is 9.34. The predicted octanol–water partition coefficient (Wildman–Crippen LogP) is 2.10. The zero-order chi connectivity index (χ0) is 21.7. The van der Waals surface area contributed by atoms with Crippen molar-refractivity contribution in [2.24, 2.45) is 9.98 Å². The zero-order valence-corrected chi connectivity index (χ0v) is 17.4. The zero-order valence-electron chi connectivity index (χ0n) is 17.4. The van der Waals surface area contributed by atoms with Crippen molar-refractivity contribution < 1.29 is 19.4 Å². The van der Waals surface area contributed by atoms with Gasteiger partial charge in [0, 0.05) is 34.7 Å². The molecule has 0 fully saturated rings. The second-order valence-corrected chi connectivity index (χ2v) is 6.60. The van der Waals surface area contributed by atoms with E-state index in [1.54, 1.807) is 58.7 Å². The highest BCUT2D eigenvalue weighted by atomic mass is 16.5. The van der Waals surface area contributed by atoms with Crippen LogP contribution < -0.4 is 24.8 Å². The molecule has 2 aromatic rings. The molecule has 3 rings (SSSR count). The molecule has 2 heterocycles. The molecule has 0 saturated heterocycles. The molecule has 0 aliphatic carbocycles. The molecule has 1 aliphatic rings. The minimum Gasteiger partial charge on any atom is -0.493 e. The van der Waals surface area contributed by atoms with Crippen LogP contribution in [0.15, 0.2) is 58.5 Å². The summed E-state index contributed by atoms with van der Waals surface area (Å²) < 4.78 is 11.7. The van der Waals surface area contributed by atoms with Crippen LogP contribution in [0.2, 0.25) is 0 Å². The summed E-state index contributed by atoms with van der Waals surface area (Å²) in [5.74, 6) is 2.79. The first-order chi connectivity index (χ1) is 14.4. The van der Waals surface area contributed by atoms with E-state index in [0.29, 0.717) is 46.9 Å². The Balaban J connectivity index is 1.90. The van der Waals surface area contributed by atoms with Crippen molar-refractivity contribution in [3.63, 3.8) is 0 Å². The smallest absolute Gasteiger partial charge is 0.222 e. The van der Waals surface area contributed by atoms with Gasteiger partial charge >= 0.3 is 0 Å². The molecule has 1 aromatic heterocycles. The van der Waals surface area contributed by atoms with Crippen LogP contribution in [0.4, 0.5) is 0 Å². The number of amidine groups is 1. The van der Waals surface area contributed by atoms with Gasteiger partial charge in [0.1, 0.15) is 11.7 Å². The van der Waals surface area contributed by atoms with Gasteiger partial charge in [-0.1, -0.05) is 6.07 Å². The molecule has 0 radical (unpaired) electrons. The summed E-state index contributed by atoms with van der Waals surface area (Å²) in [6.07, 6.45) is 3.11. The monoisotopic (exact) mass is 409 g/mol. The molecular weight excluding hydrogens is 384 g/mol. The second-order valence-electron chi connectivity index (χ2n) is 6.60. The number of aliphatic imine (C=N–C) groups is 2. The van der Waals surface area contributed by atoms with Gasteiger partial charge in [0.2, 0.25) is 18.4 Å². The summed E-state index contributed by atoms with van der Waals surface area (Å²) >= 11 is 0. The fourth-order valence-corrected chi connectivity index (χ4v) is 2.99. The van der Waals surface area contributed by atoms with Gasteiger partial charge in [0.25, 0.3) is 0 Å². The molecule has 1 aromatic carbocycles. The average molecular weight is 409 g/mol. The lowest BCUT2D eigenvalue weighted by Crippen LogP contribution is -2.39. The number of pyridine rings is 1. The van der Waals surface area contributed by atoms with Crippen LogP contribution in [0.1, 0.15) is 25.0 Å². The van der Waals surface area contributed by atoms with E-state index in [1.165, 1.54) is 0 Å². The summed E-state index contributed by atoms with van der Waals surface area (Å²) in [7, 11) is 3.15. The molecule has 4 N–H and O–H groups in total. The van der Waals surface area contributed by atoms with E-state index in [2.05, 4.69) is 20.6 Å². The van der Waals surface area contributed by atoms with Crippen LogP contribution in [0.3, 0.4) is 0 Å². The Morgan fingerprint density at radius 3 is 2.47 bits per heavy atom. The van der Waals surface area contributed by atoms with Crippen LogP contribution in [0.25, 0.3) is 5.57 Å². The van der Waals surface area contributed by atoms with Crippen molar-refractivity contribution in [3.05, 3.63) is 59.7 Å². The van der Waals surface area contributed by atoms with Crippen molar-refractivity contribution in [2.75, 3.05) is 14.2 Å². The number of allylic oxidation sites excluding steroid dienone is 1. The van der Waals surface area contributed by atoms with Crippen LogP contribution in [-0.2, 0) is 6.54 Å². The first kappa shape index (κ1) is 20.8. The molecule has 0 saturated carbocycles. The molecule has 0 bridgehead atoms. The van der Waals surface area contributed by atoms with Crippen LogP contribution in [-0.4, -0.2) is 36.9 Å². The normalized spacial score (nSPS) is 14.8. The van der Waals surface area contributed by atoms with Crippen molar-refractivity contribution in [3.8, 4) is 11.5 Å². The molecule has 9 nitrogen and oxygen atoms in total. The fraction of sp³-hybridized carbons (Fsp3) is 0.238. The highest BCUT2D eigenvalue weighted by molar-refractivity contribution is 6.23. The average Bonchev–Trinajstić information content (AvgIpc) is 2.72. The minimum absolute atomic E-state index is 0.345. The highest BCUT2D eigenvalue weighted by Gasteiger charge is 2.19. The van der Waals surface area contributed by atoms with Gasteiger partial charge in [-0.3, -0.25) is 5.21 Å². The number of benzene rings is 1. The lowest BCUT2D eigenvalue weighted by molar-refractivity contribution is -0.904. The van der Waals surface area contributed by atoms with E-state index in [4.69, 9.17) is 14.9 Å². The van der Waals surface area contributed by atoms with E-state index >= 15 is 0 Å². The lowest BCUT2D eigenvalue weighted by atomic mass is 10.0. The van der Waals surface area contributed by atoms with Crippen molar-refractivity contribution >= 4 is 23.1 Å². The molecule has 9 heteroatoms. The van der Waals surface area contributed by atoms with E-state index < -0.39 is 0 Å². The summed E-state index contributed by atoms with van der Waals surface area (Å²) in [6, 6.07) is 9.07.